The van der Waals surface area contributed by atoms with E-state index >= 15 is 0 Å². The van der Waals surface area contributed by atoms with Crippen molar-refractivity contribution >= 4 is 5.97 Å². The number of carbonyl (C=O) groups is 1. The first-order valence-electron chi connectivity index (χ1n) is 6.79. The molecule has 1 saturated carbocycles. The van der Waals surface area contributed by atoms with E-state index in [0.717, 1.165) is 25.3 Å². The minimum Gasteiger partial charge on any atom is -0.480 e. The molecule has 0 bridgehead atoms. The normalized spacial score (nSPS) is 28.4. The molecule has 1 aromatic carbocycles. The number of nitrogens with zero attached hydrogens (tertiary/aromatic N) is 1. The minimum absolute atomic E-state index is 0.282. The fourth-order valence-corrected chi connectivity index (χ4v) is 3.02. The molecule has 3 nitrogen and oxygen atoms in total. The SMILES string of the molecule is O=C(O)C1CCC(c2ccccc2)N1CC1CC1. The topological polar surface area (TPSA) is 40.5 Å². The quantitative estimate of drug-likeness (QED) is 0.886. The van der Waals surface area contributed by atoms with Crippen LogP contribution in [0.4, 0.5) is 0 Å². The molecule has 0 spiro atoms. The van der Waals surface area contributed by atoms with Crippen molar-refractivity contribution in [1.29, 1.82) is 0 Å². The van der Waals surface area contributed by atoms with Gasteiger partial charge in [0, 0.05) is 12.6 Å². The summed E-state index contributed by atoms with van der Waals surface area (Å²) in [5, 5.41) is 9.34. The van der Waals surface area contributed by atoms with Crippen LogP contribution in [0.25, 0.3) is 0 Å². The summed E-state index contributed by atoms with van der Waals surface area (Å²) >= 11 is 0. The second-order valence-electron chi connectivity index (χ2n) is 5.50. The maximum Gasteiger partial charge on any atom is 0.320 e. The number of carboxylic acid groups (broad SMARTS) is 1. The lowest BCUT2D eigenvalue weighted by molar-refractivity contribution is -0.142. The van der Waals surface area contributed by atoms with Gasteiger partial charge in [-0.1, -0.05) is 30.3 Å². The predicted octanol–water partition coefficient (Wildman–Crippen LogP) is 2.69. The summed E-state index contributed by atoms with van der Waals surface area (Å²) < 4.78 is 0. The Bertz CT molecular complexity index is 427. The Labute approximate surface area is 107 Å². The third-order valence-corrected chi connectivity index (χ3v) is 4.15. The van der Waals surface area contributed by atoms with Crippen LogP contribution in [0.15, 0.2) is 30.3 Å². The van der Waals surface area contributed by atoms with Gasteiger partial charge in [0.05, 0.1) is 0 Å². The largest absolute Gasteiger partial charge is 0.480 e. The Morgan fingerprint density at radius 2 is 1.89 bits per heavy atom. The highest BCUT2D eigenvalue weighted by Crippen LogP contribution is 2.40. The van der Waals surface area contributed by atoms with Crippen LogP contribution in [0.3, 0.4) is 0 Å². The van der Waals surface area contributed by atoms with Crippen LogP contribution < -0.4 is 0 Å². The maximum atomic E-state index is 11.3. The Morgan fingerprint density at radius 1 is 1.17 bits per heavy atom. The van der Waals surface area contributed by atoms with Gasteiger partial charge in [0.15, 0.2) is 0 Å². The van der Waals surface area contributed by atoms with E-state index in [1.807, 2.05) is 18.2 Å². The second kappa shape index (κ2) is 4.73. The van der Waals surface area contributed by atoms with Gasteiger partial charge in [-0.25, -0.2) is 0 Å². The predicted molar refractivity (Wildman–Crippen MR) is 69.3 cm³/mol. The van der Waals surface area contributed by atoms with Crippen molar-refractivity contribution in [2.24, 2.45) is 5.92 Å². The van der Waals surface area contributed by atoms with E-state index in [1.54, 1.807) is 0 Å². The highest BCUT2D eigenvalue weighted by molar-refractivity contribution is 5.74. The van der Waals surface area contributed by atoms with Crippen LogP contribution in [0.2, 0.25) is 0 Å². The molecule has 0 radical (unpaired) electrons. The zero-order valence-corrected chi connectivity index (χ0v) is 10.5. The molecule has 1 aromatic rings. The van der Waals surface area contributed by atoms with E-state index in [0.29, 0.717) is 6.04 Å². The second-order valence-corrected chi connectivity index (χ2v) is 5.50. The number of likely N-dealkylation sites (tertiary alicyclic amines) is 1. The van der Waals surface area contributed by atoms with Gasteiger partial charge in [-0.3, -0.25) is 9.69 Å². The third-order valence-electron chi connectivity index (χ3n) is 4.15. The third kappa shape index (κ3) is 2.27. The molecule has 2 unspecified atom stereocenters. The Balaban J connectivity index is 1.82. The summed E-state index contributed by atoms with van der Waals surface area (Å²) in [6.45, 7) is 0.955. The molecular weight excluding hydrogens is 226 g/mol. The van der Waals surface area contributed by atoms with E-state index in [1.165, 1.54) is 18.4 Å². The summed E-state index contributed by atoms with van der Waals surface area (Å²) in [7, 11) is 0. The van der Waals surface area contributed by atoms with Gasteiger partial charge in [0.25, 0.3) is 0 Å². The lowest BCUT2D eigenvalue weighted by Gasteiger charge is -2.28. The number of rotatable bonds is 4. The summed E-state index contributed by atoms with van der Waals surface area (Å²) in [6, 6.07) is 10.4. The van der Waals surface area contributed by atoms with Gasteiger partial charge in [-0.15, -0.1) is 0 Å². The lowest BCUT2D eigenvalue weighted by Crippen LogP contribution is -2.38. The van der Waals surface area contributed by atoms with Crippen LogP contribution in [0, 0.1) is 5.92 Å². The molecule has 3 heteroatoms. The fraction of sp³-hybridized carbons (Fsp3) is 0.533. The van der Waals surface area contributed by atoms with E-state index < -0.39 is 5.97 Å². The van der Waals surface area contributed by atoms with Crippen molar-refractivity contribution in [1.82, 2.24) is 4.90 Å². The number of aliphatic carboxylic acids is 1. The summed E-state index contributed by atoms with van der Waals surface area (Å²) in [5.41, 5.74) is 1.27. The summed E-state index contributed by atoms with van der Waals surface area (Å²) in [5.74, 6) is 0.0743. The smallest absolute Gasteiger partial charge is 0.320 e. The number of carboxylic acids is 1. The van der Waals surface area contributed by atoms with Gasteiger partial charge in [-0.05, 0) is 37.2 Å². The Kier molecular flexibility index (Phi) is 3.08. The first kappa shape index (κ1) is 11.7. The number of hydrogen-bond donors (Lipinski definition) is 1. The molecule has 1 N–H and O–H groups in total. The van der Waals surface area contributed by atoms with Crippen LogP contribution >= 0.6 is 0 Å². The maximum absolute atomic E-state index is 11.3. The fourth-order valence-electron chi connectivity index (χ4n) is 3.02. The van der Waals surface area contributed by atoms with Gasteiger partial charge < -0.3 is 5.11 Å². The van der Waals surface area contributed by atoms with E-state index in [-0.39, 0.29) is 6.04 Å². The molecule has 96 valence electrons. The van der Waals surface area contributed by atoms with Crippen molar-refractivity contribution in [2.75, 3.05) is 6.54 Å². The molecule has 0 aromatic heterocycles. The zero-order valence-electron chi connectivity index (χ0n) is 10.5. The highest BCUT2D eigenvalue weighted by Gasteiger charge is 2.40. The van der Waals surface area contributed by atoms with Crippen LogP contribution in [0.1, 0.15) is 37.3 Å². The van der Waals surface area contributed by atoms with Gasteiger partial charge in [0.2, 0.25) is 0 Å². The van der Waals surface area contributed by atoms with E-state index in [4.69, 9.17) is 0 Å². The Morgan fingerprint density at radius 3 is 2.50 bits per heavy atom. The molecule has 18 heavy (non-hydrogen) atoms. The zero-order chi connectivity index (χ0) is 12.5. The molecule has 0 amide bonds. The lowest BCUT2D eigenvalue weighted by atomic mass is 10.0. The van der Waals surface area contributed by atoms with Gasteiger partial charge in [-0.2, -0.15) is 0 Å². The monoisotopic (exact) mass is 245 g/mol. The average molecular weight is 245 g/mol. The molecular formula is C15H19NO2. The molecule has 1 heterocycles. The molecule has 1 aliphatic carbocycles. The molecule has 1 saturated heterocycles. The standard InChI is InChI=1S/C15H19NO2/c17-15(18)14-9-8-13(12-4-2-1-3-5-12)16(14)10-11-6-7-11/h1-5,11,13-14H,6-10H2,(H,17,18). The van der Waals surface area contributed by atoms with Crippen molar-refractivity contribution in [3.8, 4) is 0 Å². The van der Waals surface area contributed by atoms with Crippen LogP contribution in [0.5, 0.6) is 0 Å². The first-order chi connectivity index (χ1) is 8.75. The van der Waals surface area contributed by atoms with Crippen LogP contribution in [-0.4, -0.2) is 28.6 Å². The van der Waals surface area contributed by atoms with Crippen molar-refractivity contribution in [3.05, 3.63) is 35.9 Å². The number of hydrogen-bond acceptors (Lipinski definition) is 2. The van der Waals surface area contributed by atoms with Gasteiger partial charge in [0.1, 0.15) is 6.04 Å². The molecule has 2 atom stereocenters. The highest BCUT2D eigenvalue weighted by atomic mass is 16.4. The van der Waals surface area contributed by atoms with Crippen molar-refractivity contribution < 1.29 is 9.90 Å². The molecule has 2 aliphatic rings. The Hall–Kier alpha value is -1.35. The number of benzene rings is 1. The molecule has 3 rings (SSSR count). The summed E-state index contributed by atoms with van der Waals surface area (Å²) in [4.78, 5) is 13.6. The minimum atomic E-state index is -0.658. The molecule has 1 aliphatic heterocycles. The van der Waals surface area contributed by atoms with Crippen LogP contribution in [-0.2, 0) is 4.79 Å². The average Bonchev–Trinajstić information content (AvgIpc) is 3.08. The van der Waals surface area contributed by atoms with Crippen molar-refractivity contribution in [3.63, 3.8) is 0 Å². The summed E-state index contributed by atoms with van der Waals surface area (Å²) in [6.07, 6.45) is 4.28. The first-order valence-corrected chi connectivity index (χ1v) is 6.79. The van der Waals surface area contributed by atoms with Crippen molar-refractivity contribution in [2.45, 2.75) is 37.8 Å². The van der Waals surface area contributed by atoms with Gasteiger partial charge >= 0.3 is 5.97 Å². The van der Waals surface area contributed by atoms with E-state index in [9.17, 15) is 9.90 Å². The van der Waals surface area contributed by atoms with E-state index in [2.05, 4.69) is 17.0 Å². The molecule has 2 fully saturated rings.